The molecule has 0 fully saturated rings. The number of benzene rings is 1. The molecule has 3 N–H and O–H groups in total. The van der Waals surface area contributed by atoms with Gasteiger partial charge >= 0.3 is 0 Å². The van der Waals surface area contributed by atoms with E-state index in [2.05, 4.69) is 43.4 Å². The topological polar surface area (TPSA) is 38.0 Å². The van der Waals surface area contributed by atoms with Gasteiger partial charge in [0.15, 0.2) is 0 Å². The fourth-order valence-corrected chi connectivity index (χ4v) is 1.72. The van der Waals surface area contributed by atoms with Gasteiger partial charge in [-0.3, -0.25) is 0 Å². The van der Waals surface area contributed by atoms with Gasteiger partial charge in [-0.2, -0.15) is 0 Å². The first-order chi connectivity index (χ1) is 7.72. The van der Waals surface area contributed by atoms with E-state index in [-0.39, 0.29) is 0 Å². The Hall–Kier alpha value is -0.860. The largest absolute Gasteiger partial charge is 0.330 e. The van der Waals surface area contributed by atoms with Gasteiger partial charge in [-0.15, -0.1) is 0 Å². The summed E-state index contributed by atoms with van der Waals surface area (Å²) in [7, 11) is 0. The van der Waals surface area contributed by atoms with Gasteiger partial charge in [0.25, 0.3) is 0 Å². The summed E-state index contributed by atoms with van der Waals surface area (Å²) in [6.45, 7) is 7.28. The maximum Gasteiger partial charge on any atom is -0.000824 e. The molecule has 0 aliphatic heterocycles. The molecule has 0 heterocycles. The summed E-state index contributed by atoms with van der Waals surface area (Å²) in [5.41, 5.74) is 8.25. The zero-order valence-corrected chi connectivity index (χ0v) is 10.5. The van der Waals surface area contributed by atoms with Crippen molar-refractivity contribution >= 4 is 0 Å². The van der Waals surface area contributed by atoms with E-state index in [9.17, 15) is 0 Å². The Kier molecular flexibility index (Phi) is 6.12. The maximum atomic E-state index is 5.51. The van der Waals surface area contributed by atoms with Crippen LogP contribution in [0.1, 0.15) is 24.5 Å². The number of aryl methyl sites for hydroxylation is 1. The van der Waals surface area contributed by atoms with Crippen LogP contribution < -0.4 is 11.1 Å². The third kappa shape index (κ3) is 5.29. The average molecular weight is 220 g/mol. The minimum Gasteiger partial charge on any atom is -0.330 e. The summed E-state index contributed by atoms with van der Waals surface area (Å²) >= 11 is 0. The summed E-state index contributed by atoms with van der Waals surface area (Å²) < 4.78 is 0. The average Bonchev–Trinajstić information content (AvgIpc) is 2.27. The molecule has 1 aromatic carbocycles. The fourth-order valence-electron chi connectivity index (χ4n) is 1.72. The molecule has 0 aliphatic carbocycles. The van der Waals surface area contributed by atoms with Gasteiger partial charge in [0.2, 0.25) is 0 Å². The molecule has 0 aromatic heterocycles. The highest BCUT2D eigenvalue weighted by Crippen LogP contribution is 2.03. The van der Waals surface area contributed by atoms with Crippen molar-refractivity contribution in [3.8, 4) is 0 Å². The standard InChI is InChI=1S/C14H24N2/c1-12-3-5-14(6-4-12)8-10-16-11-13(2)7-9-15/h3-6,13,16H,7-11,15H2,1-2H3. The van der Waals surface area contributed by atoms with Crippen LogP contribution in [0, 0.1) is 12.8 Å². The highest BCUT2D eigenvalue weighted by Gasteiger charge is 1.99. The van der Waals surface area contributed by atoms with Crippen molar-refractivity contribution in [1.82, 2.24) is 5.32 Å². The zero-order chi connectivity index (χ0) is 11.8. The van der Waals surface area contributed by atoms with E-state index in [0.29, 0.717) is 5.92 Å². The van der Waals surface area contributed by atoms with Crippen molar-refractivity contribution in [1.29, 1.82) is 0 Å². The quantitative estimate of drug-likeness (QED) is 0.691. The maximum absolute atomic E-state index is 5.51. The van der Waals surface area contributed by atoms with Crippen LogP contribution in [-0.2, 0) is 6.42 Å². The molecule has 0 saturated heterocycles. The highest BCUT2D eigenvalue weighted by molar-refractivity contribution is 5.21. The van der Waals surface area contributed by atoms with Crippen molar-refractivity contribution in [2.45, 2.75) is 26.7 Å². The molecule has 90 valence electrons. The Morgan fingerprint density at radius 3 is 2.56 bits per heavy atom. The Labute approximate surface area is 99.2 Å². The Bertz CT molecular complexity index is 279. The molecule has 1 aromatic rings. The molecule has 0 bridgehead atoms. The summed E-state index contributed by atoms with van der Waals surface area (Å²) in [4.78, 5) is 0. The molecule has 16 heavy (non-hydrogen) atoms. The first kappa shape index (κ1) is 13.2. The lowest BCUT2D eigenvalue weighted by Gasteiger charge is -2.11. The molecule has 0 saturated carbocycles. The van der Waals surface area contributed by atoms with Crippen LogP contribution >= 0.6 is 0 Å². The van der Waals surface area contributed by atoms with Crippen LogP contribution in [0.3, 0.4) is 0 Å². The highest BCUT2D eigenvalue weighted by atomic mass is 14.8. The van der Waals surface area contributed by atoms with Crippen molar-refractivity contribution < 1.29 is 0 Å². The molecule has 1 atom stereocenters. The van der Waals surface area contributed by atoms with E-state index in [0.717, 1.165) is 32.5 Å². The van der Waals surface area contributed by atoms with Crippen LogP contribution in [0.25, 0.3) is 0 Å². The van der Waals surface area contributed by atoms with Gasteiger partial charge in [-0.25, -0.2) is 0 Å². The van der Waals surface area contributed by atoms with Crippen LogP contribution in [0.2, 0.25) is 0 Å². The van der Waals surface area contributed by atoms with Crippen LogP contribution in [0.5, 0.6) is 0 Å². The first-order valence-electron chi connectivity index (χ1n) is 6.18. The molecule has 1 unspecified atom stereocenters. The van der Waals surface area contributed by atoms with Crippen molar-refractivity contribution in [3.63, 3.8) is 0 Å². The van der Waals surface area contributed by atoms with E-state index < -0.39 is 0 Å². The number of hydrogen-bond donors (Lipinski definition) is 2. The second-order valence-corrected chi connectivity index (χ2v) is 4.62. The van der Waals surface area contributed by atoms with E-state index >= 15 is 0 Å². The third-order valence-electron chi connectivity index (χ3n) is 2.86. The van der Waals surface area contributed by atoms with Crippen molar-refractivity contribution in [2.75, 3.05) is 19.6 Å². The first-order valence-corrected chi connectivity index (χ1v) is 6.18. The van der Waals surface area contributed by atoms with Crippen LogP contribution in [0.4, 0.5) is 0 Å². The molecule has 0 spiro atoms. The van der Waals surface area contributed by atoms with Crippen LogP contribution in [-0.4, -0.2) is 19.6 Å². The normalized spacial score (nSPS) is 12.7. The number of nitrogens with two attached hydrogens (primary N) is 1. The summed E-state index contributed by atoms with van der Waals surface area (Å²) in [6.07, 6.45) is 2.22. The molecule has 0 radical (unpaired) electrons. The summed E-state index contributed by atoms with van der Waals surface area (Å²) in [5, 5.41) is 3.48. The van der Waals surface area contributed by atoms with Gasteiger partial charge in [0.05, 0.1) is 0 Å². The van der Waals surface area contributed by atoms with Crippen LogP contribution in [0.15, 0.2) is 24.3 Å². The van der Waals surface area contributed by atoms with Crippen molar-refractivity contribution in [2.24, 2.45) is 11.7 Å². The number of nitrogens with one attached hydrogen (secondary N) is 1. The predicted octanol–water partition coefficient (Wildman–Crippen LogP) is 2.11. The molecular formula is C14H24N2. The number of hydrogen-bond acceptors (Lipinski definition) is 2. The third-order valence-corrected chi connectivity index (χ3v) is 2.86. The molecule has 0 amide bonds. The monoisotopic (exact) mass is 220 g/mol. The molecular weight excluding hydrogens is 196 g/mol. The zero-order valence-electron chi connectivity index (χ0n) is 10.5. The Morgan fingerprint density at radius 1 is 1.25 bits per heavy atom. The second kappa shape index (κ2) is 7.42. The van der Waals surface area contributed by atoms with Gasteiger partial charge in [-0.1, -0.05) is 36.8 Å². The molecule has 2 heteroatoms. The lowest BCUT2D eigenvalue weighted by molar-refractivity contribution is 0.489. The fraction of sp³-hybridized carbons (Fsp3) is 0.571. The van der Waals surface area contributed by atoms with E-state index in [1.807, 2.05) is 0 Å². The van der Waals surface area contributed by atoms with E-state index in [1.165, 1.54) is 11.1 Å². The minimum absolute atomic E-state index is 0.683. The van der Waals surface area contributed by atoms with Gasteiger partial charge in [0, 0.05) is 0 Å². The van der Waals surface area contributed by atoms with Gasteiger partial charge in [0.1, 0.15) is 0 Å². The van der Waals surface area contributed by atoms with E-state index in [4.69, 9.17) is 5.73 Å². The molecule has 2 nitrogen and oxygen atoms in total. The SMILES string of the molecule is Cc1ccc(CCNCC(C)CCN)cc1. The lowest BCUT2D eigenvalue weighted by atomic mass is 10.1. The smallest absolute Gasteiger partial charge is 0.000824 e. The van der Waals surface area contributed by atoms with Gasteiger partial charge in [-0.05, 0) is 50.9 Å². The summed E-state index contributed by atoms with van der Waals surface area (Å²) in [5.74, 6) is 0.683. The lowest BCUT2D eigenvalue weighted by Crippen LogP contribution is -2.24. The predicted molar refractivity (Wildman–Crippen MR) is 70.6 cm³/mol. The molecule has 1 rings (SSSR count). The summed E-state index contributed by atoms with van der Waals surface area (Å²) in [6, 6.07) is 8.76. The number of rotatable bonds is 7. The van der Waals surface area contributed by atoms with Crippen molar-refractivity contribution in [3.05, 3.63) is 35.4 Å². The minimum atomic E-state index is 0.683. The Balaban J connectivity index is 2.13. The Morgan fingerprint density at radius 2 is 1.94 bits per heavy atom. The van der Waals surface area contributed by atoms with E-state index in [1.54, 1.807) is 0 Å². The van der Waals surface area contributed by atoms with Gasteiger partial charge < -0.3 is 11.1 Å². The molecule has 0 aliphatic rings. The second-order valence-electron chi connectivity index (χ2n) is 4.62.